The summed E-state index contributed by atoms with van der Waals surface area (Å²) in [5, 5.41) is 19.4. The first kappa shape index (κ1) is 15.5. The first-order chi connectivity index (χ1) is 10.3. The summed E-state index contributed by atoms with van der Waals surface area (Å²) in [6.07, 6.45) is 0. The van der Waals surface area contributed by atoms with E-state index >= 15 is 0 Å². The van der Waals surface area contributed by atoms with Gasteiger partial charge >= 0.3 is 0 Å². The van der Waals surface area contributed by atoms with Crippen molar-refractivity contribution in [3.8, 4) is 11.5 Å². The summed E-state index contributed by atoms with van der Waals surface area (Å²) in [6, 6.07) is 9.27. The van der Waals surface area contributed by atoms with E-state index in [2.05, 4.69) is 6.58 Å². The molecule has 112 valence electrons. The number of hydrogen-bond acceptors (Lipinski definition) is 4. The number of aromatic hydroxyl groups is 2. The van der Waals surface area contributed by atoms with Gasteiger partial charge in [-0.2, -0.15) is 0 Å². The highest BCUT2D eigenvalue weighted by molar-refractivity contribution is 5.99. The Bertz CT molecular complexity index is 722. The monoisotopic (exact) mass is 296 g/mol. The van der Waals surface area contributed by atoms with E-state index < -0.39 is 0 Å². The van der Waals surface area contributed by atoms with Crippen molar-refractivity contribution in [2.45, 2.75) is 13.8 Å². The summed E-state index contributed by atoms with van der Waals surface area (Å²) < 4.78 is 0. The van der Waals surface area contributed by atoms with Crippen LogP contribution in [0.5, 0.6) is 11.5 Å². The lowest BCUT2D eigenvalue weighted by atomic mass is 9.94. The third-order valence-electron chi connectivity index (χ3n) is 3.45. The third-order valence-corrected chi connectivity index (χ3v) is 3.45. The van der Waals surface area contributed by atoms with Crippen molar-refractivity contribution < 1.29 is 19.8 Å². The Morgan fingerprint density at radius 1 is 0.818 bits per heavy atom. The SMILES string of the molecule is C=C(c1ccc(O)c(C(C)=O)c1)c1ccc(O)c(C(C)=O)c1. The molecule has 0 amide bonds. The Balaban J connectivity index is 2.49. The average molecular weight is 296 g/mol. The van der Waals surface area contributed by atoms with E-state index in [0.717, 1.165) is 0 Å². The molecule has 0 aliphatic carbocycles. The lowest BCUT2D eigenvalue weighted by molar-refractivity contribution is 0.100. The van der Waals surface area contributed by atoms with Gasteiger partial charge in [-0.3, -0.25) is 9.59 Å². The van der Waals surface area contributed by atoms with Gasteiger partial charge in [0.25, 0.3) is 0 Å². The van der Waals surface area contributed by atoms with Crippen molar-refractivity contribution in [2.24, 2.45) is 0 Å². The average Bonchev–Trinajstić information content (AvgIpc) is 2.47. The zero-order chi connectivity index (χ0) is 16.4. The van der Waals surface area contributed by atoms with Crippen molar-refractivity contribution >= 4 is 17.1 Å². The van der Waals surface area contributed by atoms with Crippen LogP contribution in [0.2, 0.25) is 0 Å². The molecule has 0 bridgehead atoms. The van der Waals surface area contributed by atoms with Crippen molar-refractivity contribution in [2.75, 3.05) is 0 Å². The Morgan fingerprint density at radius 2 is 1.18 bits per heavy atom. The second-order valence-corrected chi connectivity index (χ2v) is 5.05. The van der Waals surface area contributed by atoms with Crippen LogP contribution in [0.15, 0.2) is 43.0 Å². The van der Waals surface area contributed by atoms with Crippen LogP contribution in [0.25, 0.3) is 5.57 Å². The molecule has 0 spiro atoms. The molecule has 22 heavy (non-hydrogen) atoms. The van der Waals surface area contributed by atoms with Crippen LogP contribution < -0.4 is 0 Å². The number of ketones is 2. The van der Waals surface area contributed by atoms with Crippen molar-refractivity contribution in [1.29, 1.82) is 0 Å². The zero-order valence-corrected chi connectivity index (χ0v) is 12.4. The largest absolute Gasteiger partial charge is 0.507 e. The molecular weight excluding hydrogens is 280 g/mol. The van der Waals surface area contributed by atoms with Gasteiger partial charge in [0.1, 0.15) is 11.5 Å². The summed E-state index contributed by atoms with van der Waals surface area (Å²) in [6.45, 7) is 6.71. The Labute approximate surface area is 128 Å². The van der Waals surface area contributed by atoms with Gasteiger partial charge in [-0.25, -0.2) is 0 Å². The molecule has 0 saturated carbocycles. The van der Waals surface area contributed by atoms with Crippen LogP contribution >= 0.6 is 0 Å². The normalized spacial score (nSPS) is 10.3. The maximum atomic E-state index is 11.5. The molecule has 2 aromatic carbocycles. The molecular formula is C18H16O4. The summed E-state index contributed by atoms with van der Waals surface area (Å²) in [4.78, 5) is 23.0. The van der Waals surface area contributed by atoms with E-state index in [1.54, 1.807) is 24.3 Å². The predicted octanol–water partition coefficient (Wildman–Crippen LogP) is 3.56. The second kappa shape index (κ2) is 5.85. The summed E-state index contributed by atoms with van der Waals surface area (Å²) >= 11 is 0. The summed E-state index contributed by atoms with van der Waals surface area (Å²) in [7, 11) is 0. The molecule has 0 saturated heterocycles. The molecule has 2 N–H and O–H groups in total. The fourth-order valence-corrected chi connectivity index (χ4v) is 2.18. The highest BCUT2D eigenvalue weighted by atomic mass is 16.3. The topological polar surface area (TPSA) is 74.6 Å². The van der Waals surface area contributed by atoms with E-state index in [0.29, 0.717) is 16.7 Å². The van der Waals surface area contributed by atoms with Gasteiger partial charge in [0, 0.05) is 0 Å². The molecule has 0 fully saturated rings. The number of phenols is 2. The molecule has 0 aromatic heterocycles. The molecule has 0 atom stereocenters. The van der Waals surface area contributed by atoms with Crippen LogP contribution in [0.3, 0.4) is 0 Å². The number of hydrogen-bond donors (Lipinski definition) is 2. The zero-order valence-electron chi connectivity index (χ0n) is 12.4. The quantitative estimate of drug-likeness (QED) is 0.846. The first-order valence-electron chi connectivity index (χ1n) is 6.69. The number of Topliss-reactive ketones (excluding diaryl/α,β-unsaturated/α-hetero) is 2. The van der Waals surface area contributed by atoms with E-state index in [1.165, 1.54) is 26.0 Å². The van der Waals surface area contributed by atoms with Crippen LogP contribution in [0, 0.1) is 0 Å². The highest BCUT2D eigenvalue weighted by Gasteiger charge is 2.13. The summed E-state index contributed by atoms with van der Waals surface area (Å²) in [5.41, 5.74) is 2.32. The second-order valence-electron chi connectivity index (χ2n) is 5.05. The molecule has 0 unspecified atom stereocenters. The van der Waals surface area contributed by atoms with Gasteiger partial charge in [0.2, 0.25) is 0 Å². The van der Waals surface area contributed by atoms with Crippen molar-refractivity contribution in [1.82, 2.24) is 0 Å². The maximum Gasteiger partial charge on any atom is 0.163 e. The molecule has 0 aliphatic heterocycles. The fourth-order valence-electron chi connectivity index (χ4n) is 2.18. The standard InChI is InChI=1S/C18H16O4/c1-10(13-4-6-17(21)15(8-13)11(2)19)14-5-7-18(22)16(9-14)12(3)20/h4-9,21-22H,1H2,2-3H3. The highest BCUT2D eigenvalue weighted by Crippen LogP contribution is 2.29. The number of phenolic OH excluding ortho intramolecular Hbond substituents is 2. The Hall–Kier alpha value is -2.88. The molecule has 2 rings (SSSR count). The lowest BCUT2D eigenvalue weighted by Gasteiger charge is -2.11. The maximum absolute atomic E-state index is 11.5. The van der Waals surface area contributed by atoms with Gasteiger partial charge < -0.3 is 10.2 Å². The summed E-state index contributed by atoms with van der Waals surface area (Å²) in [5.74, 6) is -0.664. The smallest absolute Gasteiger partial charge is 0.163 e. The predicted molar refractivity (Wildman–Crippen MR) is 84.4 cm³/mol. The van der Waals surface area contributed by atoms with Gasteiger partial charge in [0.05, 0.1) is 11.1 Å². The van der Waals surface area contributed by atoms with E-state index in [1.807, 2.05) is 0 Å². The van der Waals surface area contributed by atoms with Gasteiger partial charge in [0.15, 0.2) is 11.6 Å². The molecule has 4 heteroatoms. The third kappa shape index (κ3) is 2.91. The minimum Gasteiger partial charge on any atom is -0.507 e. The van der Waals surface area contributed by atoms with E-state index in [4.69, 9.17) is 0 Å². The number of benzene rings is 2. The van der Waals surface area contributed by atoms with Crippen LogP contribution in [-0.2, 0) is 0 Å². The van der Waals surface area contributed by atoms with Gasteiger partial charge in [-0.15, -0.1) is 0 Å². The number of carbonyl (C=O) groups excluding carboxylic acids is 2. The fraction of sp³-hybridized carbons (Fsp3) is 0.111. The Kier molecular flexibility index (Phi) is 4.13. The first-order valence-corrected chi connectivity index (χ1v) is 6.69. The van der Waals surface area contributed by atoms with Crippen molar-refractivity contribution in [3.63, 3.8) is 0 Å². The number of rotatable bonds is 4. The lowest BCUT2D eigenvalue weighted by Crippen LogP contribution is -1.97. The number of carbonyl (C=O) groups is 2. The molecule has 4 nitrogen and oxygen atoms in total. The van der Waals surface area contributed by atoms with Crippen molar-refractivity contribution in [3.05, 3.63) is 65.2 Å². The van der Waals surface area contributed by atoms with Crippen LogP contribution in [-0.4, -0.2) is 21.8 Å². The molecule has 0 aliphatic rings. The molecule has 2 aromatic rings. The van der Waals surface area contributed by atoms with E-state index in [-0.39, 0.29) is 34.2 Å². The molecule has 0 radical (unpaired) electrons. The molecule has 0 heterocycles. The van der Waals surface area contributed by atoms with Gasteiger partial charge in [-0.05, 0) is 54.8 Å². The van der Waals surface area contributed by atoms with E-state index in [9.17, 15) is 19.8 Å². The minimum atomic E-state index is -0.248. The Morgan fingerprint density at radius 3 is 1.50 bits per heavy atom. The van der Waals surface area contributed by atoms with Crippen LogP contribution in [0.4, 0.5) is 0 Å². The minimum absolute atomic E-state index is 0.0841. The van der Waals surface area contributed by atoms with Crippen LogP contribution in [0.1, 0.15) is 45.7 Å². The van der Waals surface area contributed by atoms with Gasteiger partial charge in [-0.1, -0.05) is 18.7 Å².